The second kappa shape index (κ2) is 9.84. The highest BCUT2D eigenvalue weighted by Gasteiger charge is 2.37. The van der Waals surface area contributed by atoms with Crippen LogP contribution in [0.3, 0.4) is 0 Å². The molecule has 1 saturated carbocycles. The minimum absolute atomic E-state index is 0.199. The quantitative estimate of drug-likeness (QED) is 0.403. The van der Waals surface area contributed by atoms with Crippen LogP contribution in [0.2, 0.25) is 0 Å². The van der Waals surface area contributed by atoms with Gasteiger partial charge in [0.1, 0.15) is 18.2 Å². The first kappa shape index (κ1) is 22.5. The monoisotopic (exact) mass is 454 g/mol. The van der Waals surface area contributed by atoms with E-state index in [1.54, 1.807) is 17.4 Å². The molecule has 1 aliphatic carbocycles. The number of benzene rings is 2. The van der Waals surface area contributed by atoms with Crippen LogP contribution in [-0.2, 0) is 28.2 Å². The van der Waals surface area contributed by atoms with E-state index in [0.29, 0.717) is 12.2 Å². The van der Waals surface area contributed by atoms with Crippen LogP contribution < -0.4 is 4.74 Å². The molecule has 1 heterocycles. The Balaban J connectivity index is 1.41. The van der Waals surface area contributed by atoms with Crippen molar-refractivity contribution in [3.63, 3.8) is 0 Å². The van der Waals surface area contributed by atoms with Crippen molar-refractivity contribution in [2.75, 3.05) is 7.11 Å². The molecule has 1 aliphatic rings. The first-order chi connectivity index (χ1) is 15.5. The molecule has 0 aliphatic heterocycles. The number of carbonyl (C=O) groups is 1. The predicted octanol–water partition coefficient (Wildman–Crippen LogP) is 6.00. The van der Waals surface area contributed by atoms with E-state index in [4.69, 9.17) is 4.74 Å². The van der Waals surface area contributed by atoms with Crippen LogP contribution in [0.1, 0.15) is 48.1 Å². The van der Waals surface area contributed by atoms with Gasteiger partial charge in [0.15, 0.2) is 0 Å². The molecular weight excluding hydrogens is 427 g/mol. The summed E-state index contributed by atoms with van der Waals surface area (Å²) in [4.78, 5) is 13.2. The molecule has 0 atom stereocenters. The van der Waals surface area contributed by atoms with Crippen molar-refractivity contribution < 1.29 is 23.8 Å². The van der Waals surface area contributed by atoms with Gasteiger partial charge in [-0.15, -0.1) is 11.3 Å². The lowest BCUT2D eigenvalue weighted by Gasteiger charge is -2.35. The number of hydrogen-bond acceptors (Lipinski definition) is 5. The lowest BCUT2D eigenvalue weighted by Crippen LogP contribution is -2.32. The smallest absolute Gasteiger partial charge is 0.305 e. The highest BCUT2D eigenvalue weighted by Crippen LogP contribution is 2.45. The SMILES string of the molecule is COC(=O)CCCc1ccc(OCc2cc(F)ccc2-c2ccc(C3(O)CCC3)s2)cc1. The van der Waals surface area contributed by atoms with Gasteiger partial charge in [0.05, 0.1) is 12.7 Å². The Bertz CT molecular complexity index is 1070. The molecule has 0 spiro atoms. The molecule has 4 nitrogen and oxygen atoms in total. The van der Waals surface area contributed by atoms with Gasteiger partial charge in [-0.1, -0.05) is 18.2 Å². The van der Waals surface area contributed by atoms with Crippen LogP contribution in [0.15, 0.2) is 54.6 Å². The van der Waals surface area contributed by atoms with Crippen LogP contribution in [0.25, 0.3) is 10.4 Å². The molecule has 6 heteroatoms. The van der Waals surface area contributed by atoms with Gasteiger partial charge in [0, 0.05) is 21.7 Å². The van der Waals surface area contributed by atoms with Crippen molar-refractivity contribution in [1.82, 2.24) is 0 Å². The topological polar surface area (TPSA) is 55.8 Å². The molecule has 0 bridgehead atoms. The molecule has 1 fully saturated rings. The van der Waals surface area contributed by atoms with Gasteiger partial charge in [-0.05, 0) is 79.6 Å². The van der Waals surface area contributed by atoms with E-state index in [1.807, 2.05) is 36.4 Å². The predicted molar refractivity (Wildman–Crippen MR) is 123 cm³/mol. The number of halogens is 1. The minimum Gasteiger partial charge on any atom is -0.489 e. The summed E-state index contributed by atoms with van der Waals surface area (Å²) in [5.41, 5.74) is 2.11. The Hall–Kier alpha value is -2.70. The van der Waals surface area contributed by atoms with Crippen LogP contribution in [0.5, 0.6) is 5.75 Å². The van der Waals surface area contributed by atoms with E-state index in [9.17, 15) is 14.3 Å². The molecule has 3 aromatic rings. The Labute approximate surface area is 191 Å². The molecule has 0 saturated heterocycles. The van der Waals surface area contributed by atoms with Crippen molar-refractivity contribution in [3.8, 4) is 16.2 Å². The Morgan fingerprint density at radius 2 is 1.91 bits per heavy atom. The zero-order chi connectivity index (χ0) is 22.6. The maximum Gasteiger partial charge on any atom is 0.305 e. The molecule has 2 aromatic carbocycles. The summed E-state index contributed by atoms with van der Waals surface area (Å²) in [5, 5.41) is 10.6. The first-order valence-corrected chi connectivity index (χ1v) is 11.7. The van der Waals surface area contributed by atoms with E-state index in [1.165, 1.54) is 19.2 Å². The second-order valence-corrected chi connectivity index (χ2v) is 9.30. The standard InChI is InChI=1S/C26H27FO4S/c1-30-25(28)5-2-4-18-6-9-21(10-7-18)31-17-19-16-20(27)8-11-22(19)23-12-13-24(32-23)26(29)14-3-15-26/h6-13,16,29H,2-5,14-15,17H2,1H3. The zero-order valence-electron chi connectivity index (χ0n) is 18.1. The van der Waals surface area contributed by atoms with Gasteiger partial charge in [-0.3, -0.25) is 4.79 Å². The number of thiophene rings is 1. The normalized spacial score (nSPS) is 14.6. The van der Waals surface area contributed by atoms with E-state index in [-0.39, 0.29) is 18.4 Å². The van der Waals surface area contributed by atoms with Crippen molar-refractivity contribution in [2.24, 2.45) is 0 Å². The number of esters is 1. The summed E-state index contributed by atoms with van der Waals surface area (Å²) in [7, 11) is 1.40. The fourth-order valence-electron chi connectivity index (χ4n) is 3.87. The molecule has 1 N–H and O–H groups in total. The van der Waals surface area contributed by atoms with Gasteiger partial charge in [0.2, 0.25) is 0 Å². The average molecular weight is 455 g/mol. The van der Waals surface area contributed by atoms with Crippen molar-refractivity contribution in [3.05, 3.63) is 76.4 Å². The third-order valence-electron chi connectivity index (χ3n) is 5.97. The van der Waals surface area contributed by atoms with Gasteiger partial charge in [-0.25, -0.2) is 4.39 Å². The summed E-state index contributed by atoms with van der Waals surface area (Å²) >= 11 is 1.56. The number of ether oxygens (including phenoxy) is 2. The number of hydrogen-bond donors (Lipinski definition) is 1. The largest absolute Gasteiger partial charge is 0.489 e. The Kier molecular flexibility index (Phi) is 6.92. The van der Waals surface area contributed by atoms with Crippen LogP contribution >= 0.6 is 11.3 Å². The number of rotatable bonds is 9. The van der Waals surface area contributed by atoms with E-state index in [0.717, 1.165) is 58.5 Å². The van der Waals surface area contributed by atoms with Gasteiger partial charge in [0.25, 0.3) is 0 Å². The highest BCUT2D eigenvalue weighted by molar-refractivity contribution is 7.15. The maximum atomic E-state index is 14.0. The summed E-state index contributed by atoms with van der Waals surface area (Å²) in [6.45, 7) is 0.242. The fraction of sp³-hybridized carbons (Fsp3) is 0.346. The molecule has 0 unspecified atom stereocenters. The van der Waals surface area contributed by atoms with Gasteiger partial charge < -0.3 is 14.6 Å². The van der Waals surface area contributed by atoms with Crippen LogP contribution in [0, 0.1) is 5.82 Å². The third-order valence-corrected chi connectivity index (χ3v) is 7.28. The number of carbonyl (C=O) groups excluding carboxylic acids is 1. The van der Waals surface area contributed by atoms with Crippen LogP contribution in [-0.4, -0.2) is 18.2 Å². The summed E-state index contributed by atoms with van der Waals surface area (Å²) in [6.07, 6.45) is 4.56. The third kappa shape index (κ3) is 5.19. The Morgan fingerprint density at radius 1 is 1.12 bits per heavy atom. The molecular formula is C26H27FO4S. The highest BCUT2D eigenvalue weighted by atomic mass is 32.1. The zero-order valence-corrected chi connectivity index (χ0v) is 18.9. The lowest BCUT2D eigenvalue weighted by molar-refractivity contribution is -0.140. The van der Waals surface area contributed by atoms with Gasteiger partial charge in [-0.2, -0.15) is 0 Å². The molecule has 0 amide bonds. The molecule has 1 aromatic heterocycles. The molecule has 168 valence electrons. The second-order valence-electron chi connectivity index (χ2n) is 8.21. The lowest BCUT2D eigenvalue weighted by atomic mass is 9.79. The number of aryl methyl sites for hydroxylation is 1. The molecule has 0 radical (unpaired) electrons. The van der Waals surface area contributed by atoms with Crippen molar-refractivity contribution in [1.29, 1.82) is 0 Å². The average Bonchev–Trinajstić information content (AvgIpc) is 3.27. The van der Waals surface area contributed by atoms with Crippen molar-refractivity contribution in [2.45, 2.75) is 50.7 Å². The summed E-state index contributed by atoms with van der Waals surface area (Å²) in [5.74, 6) is 0.200. The number of methoxy groups -OCH3 is 1. The fourth-order valence-corrected chi connectivity index (χ4v) is 5.08. The summed E-state index contributed by atoms with van der Waals surface area (Å²) < 4.78 is 24.6. The maximum absolute atomic E-state index is 14.0. The van der Waals surface area contributed by atoms with Crippen LogP contribution in [0.4, 0.5) is 4.39 Å². The first-order valence-electron chi connectivity index (χ1n) is 10.9. The summed E-state index contributed by atoms with van der Waals surface area (Å²) in [6, 6.07) is 16.5. The van der Waals surface area contributed by atoms with E-state index < -0.39 is 5.60 Å². The molecule has 4 rings (SSSR count). The van der Waals surface area contributed by atoms with Crippen molar-refractivity contribution >= 4 is 17.3 Å². The van der Waals surface area contributed by atoms with Gasteiger partial charge >= 0.3 is 5.97 Å². The Morgan fingerprint density at radius 3 is 2.59 bits per heavy atom. The molecule has 32 heavy (non-hydrogen) atoms. The minimum atomic E-state index is -0.696. The van der Waals surface area contributed by atoms with E-state index in [2.05, 4.69) is 4.74 Å². The number of aliphatic hydroxyl groups is 1. The van der Waals surface area contributed by atoms with E-state index >= 15 is 0 Å².